The van der Waals surface area contributed by atoms with Gasteiger partial charge in [-0.15, -0.1) is 0 Å². The van der Waals surface area contributed by atoms with Gasteiger partial charge in [0.15, 0.2) is 0 Å². The minimum absolute atomic E-state index is 1.07. The van der Waals surface area contributed by atoms with E-state index in [4.69, 9.17) is 0 Å². The van der Waals surface area contributed by atoms with Gasteiger partial charge in [-0.05, 0) is 109 Å². The highest BCUT2D eigenvalue weighted by Crippen LogP contribution is 2.47. The van der Waals surface area contributed by atoms with Gasteiger partial charge in [-0.1, -0.05) is 194 Å². The molecule has 0 bridgehead atoms. The molecular formula is C60H40N2. The summed E-state index contributed by atoms with van der Waals surface area (Å²) in [7, 11) is 0. The first-order valence-electron chi connectivity index (χ1n) is 21.3. The average molecular weight is 789 g/mol. The standard InChI is InChI=1S/C60H40N2/c1-2-17-42(18-3-1)50-38-35-45(48-28-16-21-41-19-4-6-22-47(41)48)40-60(50)61(58-31-14-15-32-59(58)62-56-29-12-10-26-53(56)54-27-11-13-30-57(54)62)46-36-33-43(34-37-46)55-39-44-20-5-7-23-49(44)51-24-8-9-25-52(51)55/h1-40H. The Morgan fingerprint density at radius 3 is 1.58 bits per heavy atom. The summed E-state index contributed by atoms with van der Waals surface area (Å²) in [5.74, 6) is 0. The lowest BCUT2D eigenvalue weighted by Crippen LogP contribution is -2.14. The van der Waals surface area contributed by atoms with E-state index in [2.05, 4.69) is 252 Å². The summed E-state index contributed by atoms with van der Waals surface area (Å²) in [6.07, 6.45) is 0. The highest BCUT2D eigenvalue weighted by Gasteiger charge is 2.24. The quantitative estimate of drug-likeness (QED) is 0.146. The van der Waals surface area contributed by atoms with Crippen molar-refractivity contribution in [3.8, 4) is 39.1 Å². The highest BCUT2D eigenvalue weighted by atomic mass is 15.2. The van der Waals surface area contributed by atoms with Crippen LogP contribution in [0.15, 0.2) is 243 Å². The monoisotopic (exact) mass is 788 g/mol. The normalized spacial score (nSPS) is 11.5. The fourth-order valence-corrected chi connectivity index (χ4v) is 9.74. The molecule has 0 spiro atoms. The minimum Gasteiger partial charge on any atom is -0.308 e. The van der Waals surface area contributed by atoms with Crippen molar-refractivity contribution in [3.05, 3.63) is 243 Å². The Kier molecular flexibility index (Phi) is 8.53. The van der Waals surface area contributed by atoms with Crippen LogP contribution in [0.4, 0.5) is 17.1 Å². The van der Waals surface area contributed by atoms with Gasteiger partial charge < -0.3 is 9.47 Å². The van der Waals surface area contributed by atoms with E-state index in [1.807, 2.05) is 0 Å². The van der Waals surface area contributed by atoms with Crippen LogP contribution in [0.1, 0.15) is 0 Å². The molecule has 0 fully saturated rings. The van der Waals surface area contributed by atoms with Gasteiger partial charge in [0.25, 0.3) is 0 Å². The first kappa shape index (κ1) is 35.7. The second-order valence-corrected chi connectivity index (χ2v) is 16.1. The Labute approximate surface area is 360 Å². The molecular weight excluding hydrogens is 749 g/mol. The number of fused-ring (bicyclic) bond motifs is 7. The highest BCUT2D eigenvalue weighted by molar-refractivity contribution is 6.14. The topological polar surface area (TPSA) is 8.17 Å². The molecule has 0 aliphatic carbocycles. The molecule has 62 heavy (non-hydrogen) atoms. The van der Waals surface area contributed by atoms with Gasteiger partial charge in [0, 0.05) is 22.0 Å². The van der Waals surface area contributed by atoms with Crippen LogP contribution in [0.5, 0.6) is 0 Å². The van der Waals surface area contributed by atoms with Crippen molar-refractivity contribution in [1.82, 2.24) is 4.57 Å². The molecule has 0 N–H and O–H groups in total. The van der Waals surface area contributed by atoms with Crippen molar-refractivity contribution in [2.45, 2.75) is 0 Å². The van der Waals surface area contributed by atoms with Gasteiger partial charge in [0.2, 0.25) is 0 Å². The molecule has 0 saturated heterocycles. The summed E-state index contributed by atoms with van der Waals surface area (Å²) < 4.78 is 2.44. The van der Waals surface area contributed by atoms with Crippen molar-refractivity contribution in [1.29, 1.82) is 0 Å². The molecule has 0 saturated carbocycles. The lowest BCUT2D eigenvalue weighted by Gasteiger charge is -2.31. The van der Waals surface area contributed by atoms with Gasteiger partial charge in [-0.25, -0.2) is 0 Å². The van der Waals surface area contributed by atoms with Crippen LogP contribution in [-0.4, -0.2) is 4.57 Å². The number of hydrogen-bond donors (Lipinski definition) is 0. The lowest BCUT2D eigenvalue weighted by molar-refractivity contribution is 1.15. The Hall–Kier alpha value is -8.20. The van der Waals surface area contributed by atoms with Crippen LogP contribution in [0, 0.1) is 0 Å². The largest absolute Gasteiger partial charge is 0.308 e. The Bertz CT molecular complexity index is 3580. The number of benzene rings is 11. The van der Waals surface area contributed by atoms with E-state index in [9.17, 15) is 0 Å². The summed E-state index contributed by atoms with van der Waals surface area (Å²) >= 11 is 0. The average Bonchev–Trinajstić information content (AvgIpc) is 3.68. The summed E-state index contributed by atoms with van der Waals surface area (Å²) in [5, 5.41) is 9.96. The molecule has 2 heteroatoms. The van der Waals surface area contributed by atoms with Crippen LogP contribution < -0.4 is 4.90 Å². The van der Waals surface area contributed by atoms with E-state index in [0.717, 1.165) is 39.4 Å². The van der Waals surface area contributed by atoms with E-state index >= 15 is 0 Å². The number of rotatable bonds is 7. The Morgan fingerprint density at radius 1 is 0.274 bits per heavy atom. The van der Waals surface area contributed by atoms with E-state index in [1.165, 1.54) is 70.8 Å². The van der Waals surface area contributed by atoms with Gasteiger partial charge in [-0.3, -0.25) is 0 Å². The molecule has 2 nitrogen and oxygen atoms in total. The van der Waals surface area contributed by atoms with E-state index in [0.29, 0.717) is 0 Å². The lowest BCUT2D eigenvalue weighted by atomic mass is 9.92. The van der Waals surface area contributed by atoms with Gasteiger partial charge >= 0.3 is 0 Å². The third-order valence-electron chi connectivity index (χ3n) is 12.6. The fourth-order valence-electron chi connectivity index (χ4n) is 9.74. The molecule has 0 radical (unpaired) electrons. The zero-order valence-electron chi connectivity index (χ0n) is 34.0. The summed E-state index contributed by atoms with van der Waals surface area (Å²) in [4.78, 5) is 2.48. The number of anilines is 3. The predicted molar refractivity (Wildman–Crippen MR) is 264 cm³/mol. The molecule has 0 unspecified atom stereocenters. The zero-order chi connectivity index (χ0) is 41.0. The SMILES string of the molecule is c1ccc(-c2ccc(-c3cccc4ccccc34)cc2N(c2ccc(-c3cc4ccccc4c4ccccc34)cc2)c2ccccc2-n2c3ccccc3c3ccccc32)cc1. The van der Waals surface area contributed by atoms with Crippen molar-refractivity contribution >= 4 is 71.2 Å². The van der Waals surface area contributed by atoms with Gasteiger partial charge in [0.1, 0.15) is 0 Å². The Balaban J connectivity index is 1.14. The molecule has 1 heterocycles. The van der Waals surface area contributed by atoms with Crippen LogP contribution in [0.25, 0.3) is 93.2 Å². The molecule has 0 aliphatic heterocycles. The summed E-state index contributed by atoms with van der Waals surface area (Å²) in [5.41, 5.74) is 13.8. The van der Waals surface area contributed by atoms with Crippen LogP contribution in [-0.2, 0) is 0 Å². The molecule has 0 amide bonds. The number of nitrogens with zero attached hydrogens (tertiary/aromatic N) is 2. The van der Waals surface area contributed by atoms with Crippen molar-refractivity contribution in [2.24, 2.45) is 0 Å². The van der Waals surface area contributed by atoms with E-state index in [1.54, 1.807) is 0 Å². The second-order valence-electron chi connectivity index (χ2n) is 16.1. The zero-order valence-corrected chi connectivity index (χ0v) is 34.0. The third kappa shape index (κ3) is 5.88. The van der Waals surface area contributed by atoms with Gasteiger partial charge in [-0.2, -0.15) is 0 Å². The molecule has 290 valence electrons. The fraction of sp³-hybridized carbons (Fsp3) is 0. The predicted octanol–water partition coefficient (Wildman–Crippen LogP) is 16.7. The van der Waals surface area contributed by atoms with E-state index in [-0.39, 0.29) is 0 Å². The van der Waals surface area contributed by atoms with Crippen molar-refractivity contribution < 1.29 is 0 Å². The molecule has 12 aromatic rings. The van der Waals surface area contributed by atoms with Crippen LogP contribution >= 0.6 is 0 Å². The second kappa shape index (κ2) is 14.8. The van der Waals surface area contributed by atoms with Crippen molar-refractivity contribution in [3.63, 3.8) is 0 Å². The summed E-state index contributed by atoms with van der Waals surface area (Å²) in [6.45, 7) is 0. The van der Waals surface area contributed by atoms with E-state index < -0.39 is 0 Å². The maximum absolute atomic E-state index is 2.48. The summed E-state index contributed by atoms with van der Waals surface area (Å²) in [6, 6.07) is 88.7. The number of para-hydroxylation sites is 4. The smallest absolute Gasteiger partial charge is 0.0702 e. The maximum atomic E-state index is 2.48. The third-order valence-corrected chi connectivity index (χ3v) is 12.6. The first-order valence-corrected chi connectivity index (χ1v) is 21.3. The first-order chi connectivity index (χ1) is 30.8. The number of hydrogen-bond acceptors (Lipinski definition) is 1. The molecule has 11 aromatic carbocycles. The molecule has 0 atom stereocenters. The maximum Gasteiger partial charge on any atom is 0.0702 e. The Morgan fingerprint density at radius 2 is 0.823 bits per heavy atom. The minimum atomic E-state index is 1.07. The number of aromatic nitrogens is 1. The van der Waals surface area contributed by atoms with Crippen LogP contribution in [0.2, 0.25) is 0 Å². The van der Waals surface area contributed by atoms with Crippen LogP contribution in [0.3, 0.4) is 0 Å². The molecule has 12 rings (SSSR count). The molecule has 1 aromatic heterocycles. The molecule has 0 aliphatic rings. The van der Waals surface area contributed by atoms with Crippen molar-refractivity contribution in [2.75, 3.05) is 4.90 Å². The van der Waals surface area contributed by atoms with Gasteiger partial charge in [0.05, 0.1) is 28.1 Å².